The average Bonchev–Trinajstić information content (AvgIpc) is 3.14. The molecule has 12 nitrogen and oxygen atoms in total. The summed E-state index contributed by atoms with van der Waals surface area (Å²) < 4.78 is 22.0. The molecule has 0 atom stereocenters. The average molecular weight is 751 g/mol. The molecule has 0 aliphatic carbocycles. The van der Waals surface area contributed by atoms with Crippen LogP contribution in [0.15, 0.2) is 48.5 Å². The fraction of sp³-hybridized carbons (Fsp3) is 0.429. The Kier molecular flexibility index (Phi) is 16.1. The monoisotopic (exact) mass is 750 g/mol. The van der Waals surface area contributed by atoms with E-state index in [4.69, 9.17) is 18.9 Å². The highest BCUT2D eigenvalue weighted by Crippen LogP contribution is 2.48. The second-order valence-corrected chi connectivity index (χ2v) is 13.3. The Labute approximate surface area is 316 Å². The summed E-state index contributed by atoms with van der Waals surface area (Å²) in [6.07, 6.45) is 0.504. The van der Waals surface area contributed by atoms with E-state index in [1.807, 2.05) is 48.5 Å². The highest BCUT2D eigenvalue weighted by Gasteiger charge is 2.33. The van der Waals surface area contributed by atoms with Crippen LogP contribution in [-0.2, 0) is 71.1 Å². The first kappa shape index (κ1) is 42.5. The van der Waals surface area contributed by atoms with E-state index in [1.54, 1.807) is 0 Å². The van der Waals surface area contributed by atoms with Gasteiger partial charge >= 0.3 is 0 Å². The summed E-state index contributed by atoms with van der Waals surface area (Å²) >= 11 is 0. The maximum atomic E-state index is 11.3. The molecule has 0 saturated heterocycles. The van der Waals surface area contributed by atoms with Gasteiger partial charge in [0.25, 0.3) is 0 Å². The lowest BCUT2D eigenvalue weighted by molar-refractivity contribution is 0.174. The summed E-state index contributed by atoms with van der Waals surface area (Å²) in [5.41, 5.74) is 6.65. The van der Waals surface area contributed by atoms with Gasteiger partial charge in [-0.25, -0.2) is 0 Å². The quantitative estimate of drug-likeness (QED) is 0.0605. The molecule has 0 aromatic heterocycles. The molecule has 0 fully saturated rings. The number of aliphatic hydroxyl groups is 4. The van der Waals surface area contributed by atoms with Crippen molar-refractivity contribution in [1.82, 2.24) is 0 Å². The number of phenolic OH excluding ortho intramolecular Hbond substituents is 4. The maximum Gasteiger partial charge on any atom is 0.126 e. The van der Waals surface area contributed by atoms with Crippen LogP contribution in [-0.4, -0.2) is 95.7 Å². The van der Waals surface area contributed by atoms with E-state index < -0.39 is 11.8 Å². The van der Waals surface area contributed by atoms with Crippen molar-refractivity contribution in [1.29, 1.82) is 0 Å². The van der Waals surface area contributed by atoms with Crippen LogP contribution in [0.2, 0.25) is 0 Å². The van der Waals surface area contributed by atoms with Crippen molar-refractivity contribution >= 4 is 0 Å². The van der Waals surface area contributed by atoms with Crippen LogP contribution in [0.4, 0.5) is 0 Å². The standard InChI is InChI=1S/C42H54O12/c1-51-21-33-17-31(18-34(22-52-2)41(33)49)38(32-19-35(23-53-3)42(50)36(20-32)24-54-4)37(29-13-25(5-9-43)39(47)26(14-29)6-10-44)30-15-27(7-11-45)40(48)28(16-30)8-12-46/h13-20,37-38,43-50H,5-12,21-24H2,1-4H3. The van der Waals surface area contributed by atoms with Gasteiger partial charge in [-0.05, 0) is 94.5 Å². The third-order valence-corrected chi connectivity index (χ3v) is 9.65. The number of aliphatic hydroxyl groups excluding tert-OH is 4. The minimum atomic E-state index is -0.665. The lowest BCUT2D eigenvalue weighted by Crippen LogP contribution is -2.18. The Bertz CT molecular complexity index is 1470. The van der Waals surface area contributed by atoms with Gasteiger partial charge in [-0.15, -0.1) is 0 Å². The molecule has 0 heterocycles. The molecule has 12 heteroatoms. The number of benzene rings is 4. The molecule has 0 spiro atoms. The van der Waals surface area contributed by atoms with Crippen LogP contribution in [0, 0.1) is 0 Å². The molecule has 0 unspecified atom stereocenters. The van der Waals surface area contributed by atoms with Crippen LogP contribution in [0.25, 0.3) is 0 Å². The zero-order valence-electron chi connectivity index (χ0n) is 31.5. The molecule has 8 N–H and O–H groups in total. The largest absolute Gasteiger partial charge is 0.507 e. The van der Waals surface area contributed by atoms with Crippen LogP contribution in [0.1, 0.15) is 78.6 Å². The lowest BCUT2D eigenvalue weighted by Gasteiger charge is -2.33. The number of hydrogen-bond acceptors (Lipinski definition) is 12. The summed E-state index contributed by atoms with van der Waals surface area (Å²) in [4.78, 5) is 0. The number of aromatic hydroxyl groups is 4. The summed E-state index contributed by atoms with van der Waals surface area (Å²) in [5.74, 6) is -1.35. The molecular weight excluding hydrogens is 696 g/mol. The predicted octanol–water partition coefficient (Wildman–Crippen LogP) is 4.20. The molecule has 0 saturated carbocycles. The van der Waals surface area contributed by atoms with Crippen LogP contribution >= 0.6 is 0 Å². The number of rotatable bonds is 21. The van der Waals surface area contributed by atoms with E-state index in [2.05, 4.69) is 0 Å². The van der Waals surface area contributed by atoms with Crippen molar-refractivity contribution in [2.24, 2.45) is 0 Å². The van der Waals surface area contributed by atoms with E-state index in [-0.39, 0.29) is 102 Å². The second kappa shape index (κ2) is 20.4. The first-order chi connectivity index (χ1) is 26.1. The molecule has 0 bridgehead atoms. The Morgan fingerprint density at radius 3 is 0.722 bits per heavy atom. The van der Waals surface area contributed by atoms with Crippen LogP contribution in [0.3, 0.4) is 0 Å². The molecule has 0 amide bonds. The van der Waals surface area contributed by atoms with Gasteiger partial charge < -0.3 is 59.8 Å². The van der Waals surface area contributed by atoms with E-state index in [9.17, 15) is 40.9 Å². The van der Waals surface area contributed by atoms with Gasteiger partial charge in [0.2, 0.25) is 0 Å². The molecule has 0 aliphatic rings. The number of phenols is 4. The second-order valence-electron chi connectivity index (χ2n) is 13.3. The topological polar surface area (TPSA) is 199 Å². The summed E-state index contributed by atoms with van der Waals surface area (Å²) in [7, 11) is 6.11. The minimum absolute atomic E-state index is 0.0174. The molecule has 0 aliphatic heterocycles. The summed E-state index contributed by atoms with van der Waals surface area (Å²) in [5, 5.41) is 85.4. The SMILES string of the molecule is COCc1cc(C(c2cc(COC)c(O)c(COC)c2)C(c2cc(CCO)c(O)c(CCO)c2)c2cc(CCO)c(O)c(CCO)c2)cc(COC)c1O. The normalized spacial score (nSPS) is 11.7. The zero-order valence-corrected chi connectivity index (χ0v) is 31.5. The fourth-order valence-corrected chi connectivity index (χ4v) is 7.33. The van der Waals surface area contributed by atoms with Crippen molar-refractivity contribution in [2.45, 2.75) is 63.9 Å². The van der Waals surface area contributed by atoms with Crippen molar-refractivity contribution < 1.29 is 59.8 Å². The zero-order chi connectivity index (χ0) is 39.4. The highest BCUT2D eigenvalue weighted by atomic mass is 16.5. The van der Waals surface area contributed by atoms with Gasteiger partial charge in [0.05, 0.1) is 26.4 Å². The minimum Gasteiger partial charge on any atom is -0.507 e. The summed E-state index contributed by atoms with van der Waals surface area (Å²) in [6.45, 7) is -0.683. The fourth-order valence-electron chi connectivity index (χ4n) is 7.33. The number of ether oxygens (including phenoxy) is 4. The Hall–Kier alpha value is -4.24. The molecule has 54 heavy (non-hydrogen) atoms. The molecule has 4 rings (SSSR count). The van der Waals surface area contributed by atoms with Gasteiger partial charge in [0.15, 0.2) is 0 Å². The van der Waals surface area contributed by atoms with Gasteiger partial charge in [-0.2, -0.15) is 0 Å². The van der Waals surface area contributed by atoms with Crippen molar-refractivity contribution in [3.63, 3.8) is 0 Å². The summed E-state index contributed by atoms with van der Waals surface area (Å²) in [6, 6.07) is 14.6. The first-order valence-electron chi connectivity index (χ1n) is 17.9. The van der Waals surface area contributed by atoms with E-state index in [1.165, 1.54) is 28.4 Å². The Morgan fingerprint density at radius 2 is 0.537 bits per heavy atom. The first-order valence-corrected chi connectivity index (χ1v) is 17.9. The third-order valence-electron chi connectivity index (χ3n) is 9.65. The smallest absolute Gasteiger partial charge is 0.126 e. The van der Waals surface area contributed by atoms with Gasteiger partial charge in [0, 0.05) is 89.0 Å². The number of hydrogen-bond donors (Lipinski definition) is 8. The highest BCUT2D eigenvalue weighted by molar-refractivity contribution is 5.57. The lowest BCUT2D eigenvalue weighted by atomic mass is 9.71. The Balaban J connectivity index is 2.28. The molecule has 0 radical (unpaired) electrons. The third kappa shape index (κ3) is 9.70. The van der Waals surface area contributed by atoms with Gasteiger partial charge in [-0.3, -0.25) is 0 Å². The van der Waals surface area contributed by atoms with Crippen LogP contribution < -0.4 is 0 Å². The molecular formula is C42H54O12. The Morgan fingerprint density at radius 1 is 0.352 bits per heavy atom. The van der Waals surface area contributed by atoms with Crippen molar-refractivity contribution in [3.8, 4) is 23.0 Å². The van der Waals surface area contributed by atoms with Crippen molar-refractivity contribution in [2.75, 3.05) is 54.9 Å². The van der Waals surface area contributed by atoms with Crippen molar-refractivity contribution in [3.05, 3.63) is 115 Å². The number of methoxy groups -OCH3 is 4. The molecule has 4 aromatic carbocycles. The van der Waals surface area contributed by atoms with E-state index in [0.29, 0.717) is 55.6 Å². The maximum absolute atomic E-state index is 11.3. The van der Waals surface area contributed by atoms with Gasteiger partial charge in [-0.1, -0.05) is 24.3 Å². The molecule has 4 aromatic rings. The van der Waals surface area contributed by atoms with Crippen LogP contribution in [0.5, 0.6) is 23.0 Å². The van der Waals surface area contributed by atoms with Gasteiger partial charge in [0.1, 0.15) is 23.0 Å². The van der Waals surface area contributed by atoms with E-state index >= 15 is 0 Å². The van der Waals surface area contributed by atoms with E-state index in [0.717, 1.165) is 11.1 Å². The molecule has 294 valence electrons. The predicted molar refractivity (Wildman–Crippen MR) is 202 cm³/mol.